The van der Waals surface area contributed by atoms with Gasteiger partial charge in [-0.1, -0.05) is 25.1 Å². The van der Waals surface area contributed by atoms with Crippen LogP contribution < -0.4 is 10.5 Å². The Balaban J connectivity index is 2.58. The van der Waals surface area contributed by atoms with Gasteiger partial charge in [-0.15, -0.1) is 0 Å². The van der Waals surface area contributed by atoms with Crippen molar-refractivity contribution in [2.75, 3.05) is 18.1 Å². The molecule has 0 aliphatic heterocycles. The second kappa shape index (κ2) is 6.75. The van der Waals surface area contributed by atoms with Crippen LogP contribution in [0.3, 0.4) is 0 Å². The lowest BCUT2D eigenvalue weighted by molar-refractivity contribution is 0.338. The van der Waals surface area contributed by atoms with Gasteiger partial charge in [-0.25, -0.2) is 0 Å². The summed E-state index contributed by atoms with van der Waals surface area (Å²) >= 11 is 1.89. The van der Waals surface area contributed by atoms with Crippen molar-refractivity contribution in [3.05, 3.63) is 29.3 Å². The highest BCUT2D eigenvalue weighted by atomic mass is 32.2. The SMILES string of the molecule is CCSCCOc1c(C)cccc1CN. The van der Waals surface area contributed by atoms with E-state index in [1.807, 2.05) is 23.9 Å². The predicted octanol–water partition coefficient (Wildman–Crippen LogP) is 2.59. The summed E-state index contributed by atoms with van der Waals surface area (Å²) in [5.74, 6) is 3.15. The number of ether oxygens (including phenoxy) is 1. The minimum absolute atomic E-state index is 0.540. The van der Waals surface area contributed by atoms with Crippen molar-refractivity contribution in [3.8, 4) is 5.75 Å². The molecule has 84 valence electrons. The lowest BCUT2D eigenvalue weighted by Gasteiger charge is -2.12. The van der Waals surface area contributed by atoms with Crippen LogP contribution in [0.5, 0.6) is 5.75 Å². The van der Waals surface area contributed by atoms with Crippen molar-refractivity contribution in [2.24, 2.45) is 5.73 Å². The molecular formula is C12H19NOS. The average molecular weight is 225 g/mol. The zero-order valence-corrected chi connectivity index (χ0v) is 10.3. The van der Waals surface area contributed by atoms with Gasteiger partial charge in [0.1, 0.15) is 5.75 Å². The molecule has 3 heteroatoms. The Kier molecular flexibility index (Phi) is 5.58. The molecule has 0 bridgehead atoms. The van der Waals surface area contributed by atoms with Crippen LogP contribution in [-0.2, 0) is 6.54 Å². The monoisotopic (exact) mass is 225 g/mol. The van der Waals surface area contributed by atoms with Gasteiger partial charge in [-0.05, 0) is 18.2 Å². The quantitative estimate of drug-likeness (QED) is 0.756. The Hall–Kier alpha value is -0.670. The van der Waals surface area contributed by atoms with Crippen molar-refractivity contribution in [1.82, 2.24) is 0 Å². The molecule has 0 fully saturated rings. The highest BCUT2D eigenvalue weighted by molar-refractivity contribution is 7.99. The third-order valence-electron chi connectivity index (χ3n) is 2.19. The molecule has 1 aromatic rings. The average Bonchev–Trinajstić information content (AvgIpc) is 2.26. The third-order valence-corrected chi connectivity index (χ3v) is 3.06. The Morgan fingerprint density at radius 3 is 2.87 bits per heavy atom. The van der Waals surface area contributed by atoms with E-state index >= 15 is 0 Å². The Bertz CT molecular complexity index is 302. The van der Waals surface area contributed by atoms with Crippen molar-refractivity contribution in [3.63, 3.8) is 0 Å². The van der Waals surface area contributed by atoms with Gasteiger partial charge in [0.05, 0.1) is 6.61 Å². The van der Waals surface area contributed by atoms with Crippen LogP contribution in [0, 0.1) is 6.92 Å². The fourth-order valence-electron chi connectivity index (χ4n) is 1.43. The smallest absolute Gasteiger partial charge is 0.126 e. The van der Waals surface area contributed by atoms with Crippen LogP contribution in [0.2, 0.25) is 0 Å². The molecule has 0 aliphatic carbocycles. The van der Waals surface area contributed by atoms with Gasteiger partial charge in [0.2, 0.25) is 0 Å². The number of hydrogen-bond donors (Lipinski definition) is 1. The second-order valence-electron chi connectivity index (χ2n) is 3.31. The van der Waals surface area contributed by atoms with E-state index in [4.69, 9.17) is 10.5 Å². The van der Waals surface area contributed by atoms with Gasteiger partial charge >= 0.3 is 0 Å². The summed E-state index contributed by atoms with van der Waals surface area (Å²) in [5, 5.41) is 0. The molecule has 0 heterocycles. The van der Waals surface area contributed by atoms with E-state index in [2.05, 4.69) is 19.9 Å². The third kappa shape index (κ3) is 3.76. The van der Waals surface area contributed by atoms with Gasteiger partial charge in [-0.3, -0.25) is 0 Å². The first kappa shape index (κ1) is 12.4. The maximum Gasteiger partial charge on any atom is 0.126 e. The minimum atomic E-state index is 0.540. The van der Waals surface area contributed by atoms with Crippen LogP contribution in [0.1, 0.15) is 18.1 Å². The van der Waals surface area contributed by atoms with Crippen LogP contribution in [0.4, 0.5) is 0 Å². The molecular weight excluding hydrogens is 206 g/mol. The van der Waals surface area contributed by atoms with Gasteiger partial charge in [0.25, 0.3) is 0 Å². The van der Waals surface area contributed by atoms with Crippen molar-refractivity contribution >= 4 is 11.8 Å². The lowest BCUT2D eigenvalue weighted by atomic mass is 10.1. The zero-order valence-electron chi connectivity index (χ0n) is 9.45. The minimum Gasteiger partial charge on any atom is -0.492 e. The fraction of sp³-hybridized carbons (Fsp3) is 0.500. The Labute approximate surface area is 96.2 Å². The van der Waals surface area contributed by atoms with Crippen LogP contribution >= 0.6 is 11.8 Å². The molecule has 15 heavy (non-hydrogen) atoms. The molecule has 0 amide bonds. The first-order valence-corrected chi connectivity index (χ1v) is 6.44. The van der Waals surface area contributed by atoms with Gasteiger partial charge in [-0.2, -0.15) is 11.8 Å². The molecule has 0 aromatic heterocycles. The lowest BCUT2D eigenvalue weighted by Crippen LogP contribution is -2.06. The Morgan fingerprint density at radius 2 is 2.20 bits per heavy atom. The second-order valence-corrected chi connectivity index (χ2v) is 4.71. The predicted molar refractivity (Wildman–Crippen MR) is 67.6 cm³/mol. The van der Waals surface area contributed by atoms with E-state index in [0.29, 0.717) is 6.54 Å². The molecule has 2 nitrogen and oxygen atoms in total. The van der Waals surface area contributed by atoms with E-state index in [-0.39, 0.29) is 0 Å². The number of thioether (sulfide) groups is 1. The molecule has 0 saturated heterocycles. The van der Waals surface area contributed by atoms with Crippen molar-refractivity contribution in [1.29, 1.82) is 0 Å². The first-order valence-electron chi connectivity index (χ1n) is 5.28. The maximum absolute atomic E-state index is 5.76. The van der Waals surface area contributed by atoms with Crippen LogP contribution in [-0.4, -0.2) is 18.1 Å². The fourth-order valence-corrected chi connectivity index (χ4v) is 1.92. The molecule has 0 radical (unpaired) electrons. The van der Waals surface area contributed by atoms with E-state index in [1.165, 1.54) is 5.56 Å². The number of aryl methyl sites for hydroxylation is 1. The van der Waals surface area contributed by atoms with Gasteiger partial charge < -0.3 is 10.5 Å². The molecule has 1 aromatic carbocycles. The van der Waals surface area contributed by atoms with Gasteiger partial charge in [0.15, 0.2) is 0 Å². The molecule has 0 spiro atoms. The van der Waals surface area contributed by atoms with E-state index in [9.17, 15) is 0 Å². The summed E-state index contributed by atoms with van der Waals surface area (Å²) in [6.07, 6.45) is 0. The first-order chi connectivity index (χ1) is 7.29. The number of hydrogen-bond acceptors (Lipinski definition) is 3. The zero-order chi connectivity index (χ0) is 11.1. The summed E-state index contributed by atoms with van der Waals surface area (Å²) in [4.78, 5) is 0. The largest absolute Gasteiger partial charge is 0.492 e. The topological polar surface area (TPSA) is 35.2 Å². The number of nitrogens with two attached hydrogens (primary N) is 1. The summed E-state index contributed by atoms with van der Waals surface area (Å²) < 4.78 is 5.76. The normalized spacial score (nSPS) is 10.3. The standard InChI is InChI=1S/C12H19NOS/c1-3-15-8-7-14-12-10(2)5-4-6-11(12)9-13/h4-6H,3,7-9,13H2,1-2H3. The van der Waals surface area contributed by atoms with Gasteiger partial charge in [0, 0.05) is 17.9 Å². The van der Waals surface area contributed by atoms with Crippen molar-refractivity contribution < 1.29 is 4.74 Å². The van der Waals surface area contributed by atoms with Crippen molar-refractivity contribution in [2.45, 2.75) is 20.4 Å². The summed E-state index contributed by atoms with van der Waals surface area (Å²) in [6.45, 7) is 5.51. The van der Waals surface area contributed by atoms with E-state index in [0.717, 1.165) is 29.4 Å². The van der Waals surface area contributed by atoms with E-state index < -0.39 is 0 Å². The number of para-hydroxylation sites is 1. The molecule has 2 N–H and O–H groups in total. The van der Waals surface area contributed by atoms with Crippen LogP contribution in [0.15, 0.2) is 18.2 Å². The van der Waals surface area contributed by atoms with E-state index in [1.54, 1.807) is 0 Å². The highest BCUT2D eigenvalue weighted by Gasteiger charge is 2.04. The molecule has 0 saturated carbocycles. The number of benzene rings is 1. The van der Waals surface area contributed by atoms with Crippen LogP contribution in [0.25, 0.3) is 0 Å². The number of rotatable bonds is 6. The Morgan fingerprint density at radius 1 is 1.40 bits per heavy atom. The highest BCUT2D eigenvalue weighted by Crippen LogP contribution is 2.23. The molecule has 1 rings (SSSR count). The summed E-state index contributed by atoms with van der Waals surface area (Å²) in [5.41, 5.74) is 7.92. The maximum atomic E-state index is 5.76. The molecule has 0 aliphatic rings. The molecule has 0 atom stereocenters. The molecule has 0 unspecified atom stereocenters. The summed E-state index contributed by atoms with van der Waals surface area (Å²) in [6, 6.07) is 6.10. The summed E-state index contributed by atoms with van der Waals surface area (Å²) in [7, 11) is 0.